The number of nitrogens with one attached hydrogen (secondary N) is 1. The van der Waals surface area contributed by atoms with Gasteiger partial charge >= 0.3 is 0 Å². The van der Waals surface area contributed by atoms with E-state index in [1.807, 2.05) is 0 Å². The number of benzene rings is 2. The van der Waals surface area contributed by atoms with Gasteiger partial charge in [-0.3, -0.25) is 0 Å². The molecule has 0 spiro atoms. The van der Waals surface area contributed by atoms with Crippen molar-refractivity contribution in [1.29, 1.82) is 0 Å². The van der Waals surface area contributed by atoms with Crippen LogP contribution in [0.2, 0.25) is 0 Å². The molecule has 2 heterocycles. The number of likely N-dealkylation sites (tertiary alicyclic amines) is 1. The number of ether oxygens (including phenoxy) is 1. The SMILES string of the molecule is CN1CCCC(Oc2ccc3c4c(ccc3c2)CCNC4CC2CCCCC2)CC1. The number of fused-ring (bicyclic) bond motifs is 3. The Labute approximate surface area is 182 Å². The molecule has 30 heavy (non-hydrogen) atoms. The summed E-state index contributed by atoms with van der Waals surface area (Å²) in [4.78, 5) is 2.43. The molecule has 3 aliphatic rings. The van der Waals surface area contributed by atoms with Gasteiger partial charge in [-0.25, -0.2) is 0 Å². The lowest BCUT2D eigenvalue weighted by Gasteiger charge is -2.32. The fraction of sp³-hybridized carbons (Fsp3) is 0.630. The fourth-order valence-electron chi connectivity index (χ4n) is 6.04. The molecule has 2 fully saturated rings. The first kappa shape index (κ1) is 20.3. The molecule has 1 saturated carbocycles. The summed E-state index contributed by atoms with van der Waals surface area (Å²) in [5.74, 6) is 1.94. The lowest BCUT2D eigenvalue weighted by molar-refractivity contribution is 0.183. The van der Waals surface area contributed by atoms with Crippen LogP contribution in [0.5, 0.6) is 5.75 Å². The van der Waals surface area contributed by atoms with Gasteiger partial charge in [-0.05, 0) is 92.2 Å². The quantitative estimate of drug-likeness (QED) is 0.688. The summed E-state index contributed by atoms with van der Waals surface area (Å²) < 4.78 is 6.44. The maximum Gasteiger partial charge on any atom is 0.120 e. The highest BCUT2D eigenvalue weighted by Gasteiger charge is 2.26. The number of hydrogen-bond donors (Lipinski definition) is 1. The highest BCUT2D eigenvalue weighted by molar-refractivity contribution is 5.88. The molecule has 0 amide bonds. The van der Waals surface area contributed by atoms with Crippen LogP contribution in [0.4, 0.5) is 0 Å². The van der Waals surface area contributed by atoms with Gasteiger partial charge < -0.3 is 15.0 Å². The summed E-state index contributed by atoms with van der Waals surface area (Å²) in [7, 11) is 2.22. The van der Waals surface area contributed by atoms with Crippen molar-refractivity contribution in [3.8, 4) is 5.75 Å². The smallest absolute Gasteiger partial charge is 0.120 e. The van der Waals surface area contributed by atoms with E-state index in [1.165, 1.54) is 68.7 Å². The largest absolute Gasteiger partial charge is 0.490 e. The maximum absolute atomic E-state index is 6.44. The molecule has 3 heteroatoms. The van der Waals surface area contributed by atoms with Crippen molar-refractivity contribution in [2.24, 2.45) is 5.92 Å². The van der Waals surface area contributed by atoms with E-state index in [1.54, 1.807) is 11.1 Å². The van der Waals surface area contributed by atoms with E-state index in [9.17, 15) is 0 Å². The van der Waals surface area contributed by atoms with E-state index in [-0.39, 0.29) is 0 Å². The Bertz CT molecular complexity index is 857. The van der Waals surface area contributed by atoms with Crippen LogP contribution in [0.1, 0.15) is 75.0 Å². The second kappa shape index (κ2) is 9.28. The Kier molecular flexibility index (Phi) is 6.29. The molecular weight excluding hydrogens is 368 g/mol. The van der Waals surface area contributed by atoms with Gasteiger partial charge in [0, 0.05) is 12.6 Å². The average Bonchev–Trinajstić information content (AvgIpc) is 2.98. The zero-order valence-corrected chi connectivity index (χ0v) is 18.7. The third kappa shape index (κ3) is 4.53. The molecule has 2 unspecified atom stereocenters. The zero-order chi connectivity index (χ0) is 20.3. The summed E-state index contributed by atoms with van der Waals surface area (Å²) in [6.07, 6.45) is 13.5. The lowest BCUT2D eigenvalue weighted by atomic mass is 9.80. The first-order valence-corrected chi connectivity index (χ1v) is 12.4. The summed E-state index contributed by atoms with van der Waals surface area (Å²) >= 11 is 0. The minimum atomic E-state index is 0.353. The van der Waals surface area contributed by atoms with Gasteiger partial charge in [0.05, 0.1) is 6.10 Å². The van der Waals surface area contributed by atoms with Crippen LogP contribution in [0.15, 0.2) is 30.3 Å². The summed E-state index contributed by atoms with van der Waals surface area (Å²) in [6, 6.07) is 12.1. The van der Waals surface area contributed by atoms with Crippen LogP contribution in [-0.2, 0) is 6.42 Å². The number of rotatable bonds is 4. The van der Waals surface area contributed by atoms with Crippen LogP contribution in [0.3, 0.4) is 0 Å². The van der Waals surface area contributed by atoms with E-state index in [0.29, 0.717) is 12.1 Å². The van der Waals surface area contributed by atoms with Crippen LogP contribution in [0.25, 0.3) is 10.8 Å². The first-order valence-electron chi connectivity index (χ1n) is 12.4. The third-order valence-electron chi connectivity index (χ3n) is 7.75. The highest BCUT2D eigenvalue weighted by atomic mass is 16.5. The second-order valence-corrected chi connectivity index (χ2v) is 9.99. The van der Waals surface area contributed by atoms with E-state index >= 15 is 0 Å². The zero-order valence-electron chi connectivity index (χ0n) is 18.7. The molecule has 1 N–H and O–H groups in total. The fourth-order valence-corrected chi connectivity index (χ4v) is 6.04. The molecule has 0 aromatic heterocycles. The molecule has 2 aliphatic heterocycles. The summed E-state index contributed by atoms with van der Waals surface area (Å²) in [5.41, 5.74) is 3.13. The van der Waals surface area contributed by atoms with Crippen LogP contribution in [0, 0.1) is 5.92 Å². The van der Waals surface area contributed by atoms with Gasteiger partial charge in [0.1, 0.15) is 5.75 Å². The Hall–Kier alpha value is -1.58. The average molecular weight is 407 g/mol. The standard InChI is InChI=1S/C27H38N2O/c1-29-16-5-8-23(14-17-29)30-24-11-12-25-22(19-24)10-9-21-13-15-28-26(27(21)25)18-20-6-3-2-4-7-20/h9-12,19-20,23,26,28H,2-8,13-18H2,1H3. The van der Waals surface area contributed by atoms with E-state index in [4.69, 9.17) is 4.74 Å². The first-order chi connectivity index (χ1) is 14.8. The Morgan fingerprint density at radius 1 is 0.967 bits per heavy atom. The van der Waals surface area contributed by atoms with Gasteiger partial charge in [-0.1, -0.05) is 50.3 Å². The Morgan fingerprint density at radius 3 is 2.77 bits per heavy atom. The van der Waals surface area contributed by atoms with Gasteiger partial charge in [-0.15, -0.1) is 0 Å². The molecule has 2 aromatic rings. The number of nitrogens with zero attached hydrogens (tertiary/aromatic N) is 1. The lowest BCUT2D eigenvalue weighted by Crippen LogP contribution is -2.31. The highest BCUT2D eigenvalue weighted by Crippen LogP contribution is 2.38. The molecule has 3 nitrogen and oxygen atoms in total. The van der Waals surface area contributed by atoms with Crippen LogP contribution in [-0.4, -0.2) is 37.7 Å². The summed E-state index contributed by atoms with van der Waals surface area (Å²) in [6.45, 7) is 3.45. The molecule has 0 bridgehead atoms. The Morgan fingerprint density at radius 2 is 1.87 bits per heavy atom. The van der Waals surface area contributed by atoms with Crippen molar-refractivity contribution in [2.75, 3.05) is 26.7 Å². The molecule has 5 rings (SSSR count). The predicted octanol–water partition coefficient (Wildman–Crippen LogP) is 5.86. The van der Waals surface area contributed by atoms with Crippen molar-refractivity contribution in [3.63, 3.8) is 0 Å². The Balaban J connectivity index is 1.38. The molecule has 1 saturated heterocycles. The maximum atomic E-state index is 6.44. The van der Waals surface area contributed by atoms with Gasteiger partial charge in [0.25, 0.3) is 0 Å². The van der Waals surface area contributed by atoms with Crippen molar-refractivity contribution in [2.45, 2.75) is 76.4 Å². The van der Waals surface area contributed by atoms with E-state index < -0.39 is 0 Å². The monoisotopic (exact) mass is 406 g/mol. The van der Waals surface area contributed by atoms with Crippen LogP contribution >= 0.6 is 0 Å². The van der Waals surface area contributed by atoms with Gasteiger partial charge in [-0.2, -0.15) is 0 Å². The van der Waals surface area contributed by atoms with Crippen molar-refractivity contribution in [1.82, 2.24) is 10.2 Å². The van der Waals surface area contributed by atoms with Crippen molar-refractivity contribution in [3.05, 3.63) is 41.5 Å². The number of hydrogen-bond acceptors (Lipinski definition) is 3. The molecule has 1 aliphatic carbocycles. The summed E-state index contributed by atoms with van der Waals surface area (Å²) in [5, 5.41) is 6.65. The molecule has 0 radical (unpaired) electrons. The van der Waals surface area contributed by atoms with Gasteiger partial charge in [0.15, 0.2) is 0 Å². The van der Waals surface area contributed by atoms with E-state index in [2.05, 4.69) is 47.6 Å². The molecular formula is C27H38N2O. The molecule has 2 aromatic carbocycles. The third-order valence-corrected chi connectivity index (χ3v) is 7.75. The normalized spacial score (nSPS) is 26.3. The van der Waals surface area contributed by atoms with E-state index in [0.717, 1.165) is 37.6 Å². The second-order valence-electron chi connectivity index (χ2n) is 9.99. The van der Waals surface area contributed by atoms with Gasteiger partial charge in [0.2, 0.25) is 0 Å². The van der Waals surface area contributed by atoms with Crippen molar-refractivity contribution >= 4 is 10.8 Å². The minimum absolute atomic E-state index is 0.353. The van der Waals surface area contributed by atoms with Crippen LogP contribution < -0.4 is 10.1 Å². The molecule has 162 valence electrons. The topological polar surface area (TPSA) is 24.5 Å². The van der Waals surface area contributed by atoms with Crippen molar-refractivity contribution < 1.29 is 4.74 Å². The predicted molar refractivity (Wildman–Crippen MR) is 125 cm³/mol. The molecule has 2 atom stereocenters. The minimum Gasteiger partial charge on any atom is -0.490 e.